The van der Waals surface area contributed by atoms with Gasteiger partial charge in [0.15, 0.2) is 0 Å². The lowest BCUT2D eigenvalue weighted by molar-refractivity contribution is 0.0529. The molecule has 1 aliphatic rings. The van der Waals surface area contributed by atoms with Gasteiger partial charge in [-0.15, -0.1) is 11.6 Å². The molecule has 2 rings (SSSR count). The zero-order valence-electron chi connectivity index (χ0n) is 10.5. The summed E-state index contributed by atoms with van der Waals surface area (Å²) in [6.07, 6.45) is 2.21. The van der Waals surface area contributed by atoms with Crippen LogP contribution in [0.5, 0.6) is 5.75 Å². The molecule has 100 valence electrons. The molecule has 1 fully saturated rings. The van der Waals surface area contributed by atoms with Crippen LogP contribution < -0.4 is 4.74 Å². The van der Waals surface area contributed by atoms with Crippen molar-refractivity contribution < 1.29 is 9.47 Å². The van der Waals surface area contributed by atoms with Gasteiger partial charge in [-0.2, -0.15) is 0 Å². The molecular weight excluding hydrogens is 316 g/mol. The Labute approximate surface area is 122 Å². The van der Waals surface area contributed by atoms with Gasteiger partial charge in [0.25, 0.3) is 0 Å². The fourth-order valence-corrected chi connectivity index (χ4v) is 3.02. The second-order valence-corrected chi connectivity index (χ2v) is 5.88. The van der Waals surface area contributed by atoms with Crippen molar-refractivity contribution in [3.05, 3.63) is 28.2 Å². The van der Waals surface area contributed by atoms with Crippen LogP contribution in [-0.2, 0) is 4.74 Å². The van der Waals surface area contributed by atoms with E-state index in [1.807, 2.05) is 19.1 Å². The third-order valence-electron chi connectivity index (χ3n) is 3.18. The largest absolute Gasteiger partial charge is 0.494 e. The molecule has 0 saturated carbocycles. The summed E-state index contributed by atoms with van der Waals surface area (Å²) in [6, 6.07) is 6.01. The van der Waals surface area contributed by atoms with Crippen LogP contribution >= 0.6 is 27.5 Å². The van der Waals surface area contributed by atoms with E-state index in [4.69, 9.17) is 21.1 Å². The first-order valence-corrected chi connectivity index (χ1v) is 7.59. The molecule has 0 spiro atoms. The highest BCUT2D eigenvalue weighted by atomic mass is 79.9. The maximum atomic E-state index is 6.62. The van der Waals surface area contributed by atoms with Crippen LogP contribution in [0.1, 0.15) is 30.7 Å². The second kappa shape index (κ2) is 6.78. The monoisotopic (exact) mass is 332 g/mol. The zero-order chi connectivity index (χ0) is 13.0. The summed E-state index contributed by atoms with van der Waals surface area (Å²) in [5, 5.41) is -0.0515. The Balaban J connectivity index is 2.21. The third kappa shape index (κ3) is 3.40. The minimum absolute atomic E-state index is 0.0515. The van der Waals surface area contributed by atoms with Crippen LogP contribution in [0.3, 0.4) is 0 Å². The molecule has 0 radical (unpaired) electrons. The molecule has 2 unspecified atom stereocenters. The topological polar surface area (TPSA) is 18.5 Å². The average molecular weight is 334 g/mol. The van der Waals surface area contributed by atoms with Crippen molar-refractivity contribution >= 4 is 27.5 Å². The van der Waals surface area contributed by atoms with Gasteiger partial charge in [0.05, 0.1) is 18.6 Å². The summed E-state index contributed by atoms with van der Waals surface area (Å²) in [5.41, 5.74) is 1.06. The standard InChI is InChI=1S/C14H18BrClO2/c1-2-18-13-6-5-11(15)8-12(13)14(16)10-4-3-7-17-9-10/h5-6,8,10,14H,2-4,7,9H2,1H3. The lowest BCUT2D eigenvalue weighted by Gasteiger charge is -2.27. The van der Waals surface area contributed by atoms with Gasteiger partial charge in [-0.3, -0.25) is 0 Å². The maximum absolute atomic E-state index is 6.62. The average Bonchev–Trinajstić information content (AvgIpc) is 2.41. The van der Waals surface area contributed by atoms with Gasteiger partial charge < -0.3 is 9.47 Å². The number of hydrogen-bond donors (Lipinski definition) is 0. The molecule has 4 heteroatoms. The molecule has 0 bridgehead atoms. The number of alkyl halides is 1. The van der Waals surface area contributed by atoms with Crippen molar-refractivity contribution in [3.8, 4) is 5.75 Å². The fourth-order valence-electron chi connectivity index (χ4n) is 2.27. The van der Waals surface area contributed by atoms with Crippen LogP contribution in [0.4, 0.5) is 0 Å². The van der Waals surface area contributed by atoms with Gasteiger partial charge in [-0.1, -0.05) is 15.9 Å². The van der Waals surface area contributed by atoms with Crippen molar-refractivity contribution in [1.29, 1.82) is 0 Å². The van der Waals surface area contributed by atoms with Gasteiger partial charge in [0.2, 0.25) is 0 Å². The lowest BCUT2D eigenvalue weighted by atomic mass is 9.93. The maximum Gasteiger partial charge on any atom is 0.124 e. The van der Waals surface area contributed by atoms with E-state index in [9.17, 15) is 0 Å². The summed E-state index contributed by atoms with van der Waals surface area (Å²) in [4.78, 5) is 0. The molecule has 1 aromatic carbocycles. The number of rotatable bonds is 4. The summed E-state index contributed by atoms with van der Waals surface area (Å²) < 4.78 is 12.2. The van der Waals surface area contributed by atoms with E-state index in [0.29, 0.717) is 12.5 Å². The molecule has 1 aromatic rings. The fraction of sp³-hybridized carbons (Fsp3) is 0.571. The van der Waals surface area contributed by atoms with Gasteiger partial charge in [-0.05, 0) is 38.0 Å². The predicted octanol–water partition coefficient (Wildman–Crippen LogP) is 4.55. The first-order chi connectivity index (χ1) is 8.72. The molecular formula is C14H18BrClO2. The van der Waals surface area contributed by atoms with Crippen molar-refractivity contribution in [1.82, 2.24) is 0 Å². The molecule has 18 heavy (non-hydrogen) atoms. The summed E-state index contributed by atoms with van der Waals surface area (Å²) in [7, 11) is 0. The number of benzene rings is 1. The molecule has 1 aliphatic heterocycles. The smallest absolute Gasteiger partial charge is 0.124 e. The Morgan fingerprint density at radius 1 is 1.56 bits per heavy atom. The van der Waals surface area contributed by atoms with E-state index in [0.717, 1.165) is 41.8 Å². The number of ether oxygens (including phenoxy) is 2. The van der Waals surface area contributed by atoms with E-state index >= 15 is 0 Å². The summed E-state index contributed by atoms with van der Waals surface area (Å²) in [6.45, 7) is 4.24. The Hall–Kier alpha value is -0.250. The Morgan fingerprint density at radius 3 is 3.06 bits per heavy atom. The SMILES string of the molecule is CCOc1ccc(Br)cc1C(Cl)C1CCCOC1. The Kier molecular flexibility index (Phi) is 5.34. The highest BCUT2D eigenvalue weighted by Crippen LogP contribution is 2.40. The predicted molar refractivity (Wildman–Crippen MR) is 77.4 cm³/mol. The van der Waals surface area contributed by atoms with Gasteiger partial charge >= 0.3 is 0 Å². The van der Waals surface area contributed by atoms with E-state index < -0.39 is 0 Å². The van der Waals surface area contributed by atoms with Gasteiger partial charge in [0.1, 0.15) is 5.75 Å². The Bertz CT molecular complexity index is 391. The molecule has 0 N–H and O–H groups in total. The Morgan fingerprint density at radius 2 is 2.39 bits per heavy atom. The van der Waals surface area contributed by atoms with Gasteiger partial charge in [0, 0.05) is 22.6 Å². The minimum atomic E-state index is -0.0515. The van der Waals surface area contributed by atoms with Gasteiger partial charge in [-0.25, -0.2) is 0 Å². The summed E-state index contributed by atoms with van der Waals surface area (Å²) >= 11 is 10.1. The first-order valence-electron chi connectivity index (χ1n) is 6.36. The zero-order valence-corrected chi connectivity index (χ0v) is 12.8. The molecule has 0 aliphatic carbocycles. The highest BCUT2D eigenvalue weighted by Gasteiger charge is 2.26. The third-order valence-corrected chi connectivity index (χ3v) is 4.26. The van der Waals surface area contributed by atoms with E-state index in [1.165, 1.54) is 0 Å². The highest BCUT2D eigenvalue weighted by molar-refractivity contribution is 9.10. The lowest BCUT2D eigenvalue weighted by Crippen LogP contribution is -2.21. The first kappa shape index (κ1) is 14.2. The normalized spacial score (nSPS) is 21.6. The molecule has 2 nitrogen and oxygen atoms in total. The molecule has 0 amide bonds. The van der Waals surface area contributed by atoms with Crippen molar-refractivity contribution in [2.45, 2.75) is 25.1 Å². The van der Waals surface area contributed by atoms with Crippen LogP contribution in [0.2, 0.25) is 0 Å². The van der Waals surface area contributed by atoms with Crippen LogP contribution in [-0.4, -0.2) is 19.8 Å². The van der Waals surface area contributed by atoms with Crippen molar-refractivity contribution in [2.75, 3.05) is 19.8 Å². The molecule has 1 saturated heterocycles. The molecule has 0 aromatic heterocycles. The molecule has 1 heterocycles. The summed E-state index contributed by atoms with van der Waals surface area (Å²) in [5.74, 6) is 1.25. The minimum Gasteiger partial charge on any atom is -0.494 e. The molecule has 2 atom stereocenters. The second-order valence-electron chi connectivity index (χ2n) is 4.49. The van der Waals surface area contributed by atoms with Crippen LogP contribution in [0, 0.1) is 5.92 Å². The van der Waals surface area contributed by atoms with Crippen LogP contribution in [0.15, 0.2) is 22.7 Å². The van der Waals surface area contributed by atoms with Crippen molar-refractivity contribution in [2.24, 2.45) is 5.92 Å². The van der Waals surface area contributed by atoms with E-state index in [2.05, 4.69) is 22.0 Å². The quantitative estimate of drug-likeness (QED) is 0.752. The number of hydrogen-bond acceptors (Lipinski definition) is 2. The van der Waals surface area contributed by atoms with E-state index in [1.54, 1.807) is 0 Å². The van der Waals surface area contributed by atoms with Crippen LogP contribution in [0.25, 0.3) is 0 Å². The van der Waals surface area contributed by atoms with Crippen molar-refractivity contribution in [3.63, 3.8) is 0 Å². The van der Waals surface area contributed by atoms with E-state index in [-0.39, 0.29) is 5.38 Å². The number of halogens is 2.